The lowest BCUT2D eigenvalue weighted by Crippen LogP contribution is -2.11. The molecule has 3 N–H and O–H groups in total. The molecule has 0 aliphatic heterocycles. The zero-order valence-corrected chi connectivity index (χ0v) is 21.7. The normalized spacial score (nSPS) is 15.6. The number of hydrogen-bond acceptors (Lipinski definition) is 3. The van der Waals surface area contributed by atoms with Crippen LogP contribution in [-0.2, 0) is 0 Å². The predicted molar refractivity (Wildman–Crippen MR) is 144 cm³/mol. The number of hydrogen-bond donors (Lipinski definition) is 2. The van der Waals surface area contributed by atoms with Crippen molar-refractivity contribution < 1.29 is 0 Å². The minimum atomic E-state index is 0.522. The van der Waals surface area contributed by atoms with Gasteiger partial charge in [-0.15, -0.1) is 0 Å². The standard InChI is InChI=1S/C27H39N3.C2H6/c1-7-10-22(26(21(6)29)17-30-16-18(2)3)23-11-8-9-12-24(23)27-20(5)14-13-19(4)25(27)15-28;1-2/h10,13-15,17-18,28H,7-9,11-12,16,29H2,1-6H3;1-2H3/b22-10-,26-21+,28-15?,30-17?;. The topological polar surface area (TPSA) is 62.2 Å². The Morgan fingerprint density at radius 3 is 2.31 bits per heavy atom. The van der Waals surface area contributed by atoms with E-state index in [0.29, 0.717) is 5.92 Å². The first-order valence-electron chi connectivity index (χ1n) is 12.3. The Balaban J connectivity index is 0.00000249. The van der Waals surface area contributed by atoms with Gasteiger partial charge in [0.2, 0.25) is 0 Å². The second kappa shape index (κ2) is 13.9. The Hall–Kier alpha value is -2.42. The van der Waals surface area contributed by atoms with Crippen molar-refractivity contribution in [1.29, 1.82) is 5.41 Å². The molecular weight excluding hydrogens is 390 g/mol. The van der Waals surface area contributed by atoms with Crippen LogP contribution in [0, 0.1) is 25.2 Å². The molecule has 0 amide bonds. The van der Waals surface area contributed by atoms with Gasteiger partial charge in [-0.2, -0.15) is 0 Å². The summed E-state index contributed by atoms with van der Waals surface area (Å²) >= 11 is 0. The molecule has 1 aliphatic carbocycles. The molecule has 0 fully saturated rings. The fraction of sp³-hybridized carbons (Fsp3) is 0.517. The van der Waals surface area contributed by atoms with Crippen molar-refractivity contribution >= 4 is 18.0 Å². The molecule has 32 heavy (non-hydrogen) atoms. The molecule has 176 valence electrons. The fourth-order valence-corrected chi connectivity index (χ4v) is 4.24. The van der Waals surface area contributed by atoms with Gasteiger partial charge in [-0.05, 0) is 92.2 Å². The number of nitrogens with two attached hydrogens (primary N) is 1. The minimum absolute atomic E-state index is 0.522. The molecule has 1 aromatic carbocycles. The SMILES string of the molecule is CC.CC/C=C(C1=C(c2c(C)ccc(C)c2C=N)CCCC1)\C(C=NCC(C)C)=C(/C)N. The highest BCUT2D eigenvalue weighted by molar-refractivity contribution is 5.94. The van der Waals surface area contributed by atoms with Crippen LogP contribution in [0.4, 0.5) is 0 Å². The summed E-state index contributed by atoms with van der Waals surface area (Å²) in [4.78, 5) is 4.69. The predicted octanol–water partition coefficient (Wildman–Crippen LogP) is 7.95. The molecule has 0 saturated carbocycles. The van der Waals surface area contributed by atoms with Gasteiger partial charge in [-0.3, -0.25) is 4.99 Å². The van der Waals surface area contributed by atoms with Gasteiger partial charge in [-0.1, -0.05) is 52.8 Å². The molecule has 0 radical (unpaired) electrons. The third-order valence-corrected chi connectivity index (χ3v) is 5.73. The first-order chi connectivity index (χ1) is 15.3. The maximum absolute atomic E-state index is 8.07. The van der Waals surface area contributed by atoms with Crippen molar-refractivity contribution in [1.82, 2.24) is 0 Å². The molecule has 3 nitrogen and oxygen atoms in total. The highest BCUT2D eigenvalue weighted by Crippen LogP contribution is 2.41. The fourth-order valence-electron chi connectivity index (χ4n) is 4.24. The van der Waals surface area contributed by atoms with E-state index in [4.69, 9.17) is 16.1 Å². The summed E-state index contributed by atoms with van der Waals surface area (Å²) in [5.41, 5.74) is 16.9. The third-order valence-electron chi connectivity index (χ3n) is 5.73. The van der Waals surface area contributed by atoms with E-state index in [-0.39, 0.29) is 0 Å². The average Bonchev–Trinajstić information content (AvgIpc) is 2.78. The zero-order valence-electron chi connectivity index (χ0n) is 21.7. The van der Waals surface area contributed by atoms with Crippen LogP contribution >= 0.6 is 0 Å². The summed E-state index contributed by atoms with van der Waals surface area (Å²) in [6.45, 7) is 17.6. The molecule has 0 atom stereocenters. The summed E-state index contributed by atoms with van der Waals surface area (Å²) in [5, 5.41) is 8.07. The number of allylic oxidation sites excluding steroid dienone is 6. The minimum Gasteiger partial charge on any atom is -0.402 e. The van der Waals surface area contributed by atoms with Gasteiger partial charge in [0.1, 0.15) is 0 Å². The summed E-state index contributed by atoms with van der Waals surface area (Å²) in [5.74, 6) is 0.522. The number of rotatable bonds is 8. The zero-order chi connectivity index (χ0) is 24.3. The van der Waals surface area contributed by atoms with Crippen LogP contribution in [-0.4, -0.2) is 19.0 Å². The van der Waals surface area contributed by atoms with E-state index >= 15 is 0 Å². The van der Waals surface area contributed by atoms with E-state index in [2.05, 4.69) is 52.8 Å². The lowest BCUT2D eigenvalue weighted by Gasteiger charge is -2.27. The Kier molecular flexibility index (Phi) is 12.0. The largest absolute Gasteiger partial charge is 0.402 e. The van der Waals surface area contributed by atoms with E-state index in [1.807, 2.05) is 27.0 Å². The smallest absolute Gasteiger partial charge is 0.0412 e. The molecule has 0 heterocycles. The third kappa shape index (κ3) is 7.05. The Morgan fingerprint density at radius 2 is 1.75 bits per heavy atom. The van der Waals surface area contributed by atoms with Gasteiger partial charge >= 0.3 is 0 Å². The second-order valence-corrected chi connectivity index (χ2v) is 8.81. The van der Waals surface area contributed by atoms with Gasteiger partial charge in [-0.25, -0.2) is 0 Å². The molecule has 0 spiro atoms. The van der Waals surface area contributed by atoms with Crippen molar-refractivity contribution in [3.8, 4) is 0 Å². The van der Waals surface area contributed by atoms with Crippen LogP contribution in [0.2, 0.25) is 0 Å². The first-order valence-corrected chi connectivity index (χ1v) is 12.3. The Morgan fingerprint density at radius 1 is 1.12 bits per heavy atom. The maximum atomic E-state index is 8.07. The summed E-state index contributed by atoms with van der Waals surface area (Å²) < 4.78 is 0. The molecule has 0 aromatic heterocycles. The lowest BCUT2D eigenvalue weighted by atomic mass is 9.78. The second-order valence-electron chi connectivity index (χ2n) is 8.81. The number of nitrogens with zero attached hydrogens (tertiary/aromatic N) is 1. The van der Waals surface area contributed by atoms with Gasteiger partial charge in [0.15, 0.2) is 0 Å². The van der Waals surface area contributed by atoms with E-state index in [1.165, 1.54) is 46.9 Å². The van der Waals surface area contributed by atoms with Crippen LogP contribution in [0.25, 0.3) is 5.57 Å². The van der Waals surface area contributed by atoms with Crippen LogP contribution in [0.5, 0.6) is 0 Å². The number of nitrogens with one attached hydrogen (secondary N) is 1. The van der Waals surface area contributed by atoms with E-state index in [0.717, 1.165) is 48.2 Å². The quantitative estimate of drug-likeness (QED) is 0.316. The molecule has 1 aliphatic rings. The van der Waals surface area contributed by atoms with Crippen molar-refractivity contribution in [2.45, 2.75) is 87.5 Å². The summed E-state index contributed by atoms with van der Waals surface area (Å²) in [6, 6.07) is 4.31. The molecule has 1 aromatic rings. The number of aryl methyl sites for hydroxylation is 2. The van der Waals surface area contributed by atoms with Crippen LogP contribution in [0.1, 0.15) is 95.9 Å². The van der Waals surface area contributed by atoms with Gasteiger partial charge in [0.25, 0.3) is 0 Å². The number of aliphatic imine (C=N–C) groups is 1. The van der Waals surface area contributed by atoms with Crippen LogP contribution in [0.15, 0.2) is 45.6 Å². The van der Waals surface area contributed by atoms with Gasteiger partial charge in [0, 0.05) is 35.8 Å². The molecule has 0 unspecified atom stereocenters. The van der Waals surface area contributed by atoms with Gasteiger partial charge in [0.05, 0.1) is 0 Å². The highest BCUT2D eigenvalue weighted by Gasteiger charge is 2.23. The Labute approximate surface area is 197 Å². The number of benzene rings is 1. The van der Waals surface area contributed by atoms with Crippen molar-refractivity contribution in [2.24, 2.45) is 16.6 Å². The molecule has 2 rings (SSSR count). The molecule has 0 saturated heterocycles. The highest BCUT2D eigenvalue weighted by atomic mass is 14.7. The molecular formula is C29H45N3. The monoisotopic (exact) mass is 435 g/mol. The van der Waals surface area contributed by atoms with E-state index in [9.17, 15) is 0 Å². The van der Waals surface area contributed by atoms with E-state index in [1.54, 1.807) is 0 Å². The summed E-state index contributed by atoms with van der Waals surface area (Å²) in [7, 11) is 0. The van der Waals surface area contributed by atoms with Crippen molar-refractivity contribution in [2.75, 3.05) is 6.54 Å². The van der Waals surface area contributed by atoms with Gasteiger partial charge < -0.3 is 11.1 Å². The van der Waals surface area contributed by atoms with Crippen LogP contribution in [0.3, 0.4) is 0 Å². The first kappa shape index (κ1) is 27.6. The summed E-state index contributed by atoms with van der Waals surface area (Å²) in [6.07, 6.45) is 11.2. The van der Waals surface area contributed by atoms with Crippen molar-refractivity contribution in [3.05, 3.63) is 62.9 Å². The van der Waals surface area contributed by atoms with E-state index < -0.39 is 0 Å². The molecule has 3 heteroatoms. The maximum Gasteiger partial charge on any atom is 0.0412 e. The lowest BCUT2D eigenvalue weighted by molar-refractivity contribution is 0.667. The average molecular weight is 436 g/mol. The molecule has 0 bridgehead atoms. The van der Waals surface area contributed by atoms with Crippen molar-refractivity contribution in [3.63, 3.8) is 0 Å². The van der Waals surface area contributed by atoms with Crippen LogP contribution < -0.4 is 5.73 Å². The Bertz CT molecular complexity index is 891.